The van der Waals surface area contributed by atoms with Gasteiger partial charge in [0.15, 0.2) is 0 Å². The van der Waals surface area contributed by atoms with Gasteiger partial charge in [-0.3, -0.25) is 4.70 Å². The molecule has 0 aliphatic carbocycles. The van der Waals surface area contributed by atoms with E-state index < -0.39 is 9.05 Å². The number of rotatable bonds is 0. The summed E-state index contributed by atoms with van der Waals surface area (Å²) in [5.74, 6) is 0. The van der Waals surface area contributed by atoms with E-state index in [1.807, 2.05) is 0 Å². The number of hydrogen-bond acceptors (Lipinski definition) is 4. The first-order chi connectivity index (χ1) is 2.00. The van der Waals surface area contributed by atoms with Gasteiger partial charge < -0.3 is 19.2 Å². The van der Waals surface area contributed by atoms with Gasteiger partial charge in [0, 0.05) is 19.5 Å². The maximum atomic E-state index is 7.33. The molecule has 0 aliphatic rings. The fourth-order valence-corrected chi connectivity index (χ4v) is 0. The third-order valence-corrected chi connectivity index (χ3v) is 0. The predicted molar refractivity (Wildman–Crippen MR) is 17.1 cm³/mol. The SMILES string of the molecule is F.O[Si](O)(O)O.[Zn]. The van der Waals surface area contributed by atoms with Gasteiger partial charge in [-0.05, 0) is 0 Å². The largest absolute Gasteiger partial charge is 0.668 e. The molecule has 0 saturated heterocycles. The summed E-state index contributed by atoms with van der Waals surface area (Å²) in [6.45, 7) is 0. The maximum absolute atomic E-state index is 7.33. The molecule has 0 atom stereocenters. The third-order valence-electron chi connectivity index (χ3n) is 0. The minimum atomic E-state index is -4.61. The van der Waals surface area contributed by atoms with Crippen molar-refractivity contribution in [3.05, 3.63) is 0 Å². The van der Waals surface area contributed by atoms with Crippen LogP contribution in [0.4, 0.5) is 4.70 Å². The number of hydrogen-bond donors (Lipinski definition) is 4. The van der Waals surface area contributed by atoms with Gasteiger partial charge in [0.25, 0.3) is 0 Å². The minimum Gasteiger partial charge on any atom is -0.368 e. The zero-order valence-corrected chi connectivity index (χ0v) is 7.37. The molecule has 0 aromatic carbocycles. The molecular weight excluding hydrogens is 176 g/mol. The Bertz CT molecular complexity index is 27.2. The standard InChI is InChI=1S/FH.H4O4Si.Zn/c;1-5(2,3)4;/h1H;1-4H;. The van der Waals surface area contributed by atoms with Crippen LogP contribution in [0, 0.1) is 0 Å². The Kier molecular flexibility index (Phi) is 10.6. The van der Waals surface area contributed by atoms with Crippen LogP contribution in [0.25, 0.3) is 0 Å². The third kappa shape index (κ3) is 377. The summed E-state index contributed by atoms with van der Waals surface area (Å²) >= 11 is 0. The van der Waals surface area contributed by atoms with Crippen molar-refractivity contribution in [2.45, 2.75) is 0 Å². The fraction of sp³-hybridized carbons (Fsp3) is 0. The second-order valence-corrected chi connectivity index (χ2v) is 1.80. The summed E-state index contributed by atoms with van der Waals surface area (Å²) in [7, 11) is -4.61. The molecule has 0 fully saturated rings. The van der Waals surface area contributed by atoms with Crippen LogP contribution in [0.15, 0.2) is 0 Å². The van der Waals surface area contributed by atoms with Crippen molar-refractivity contribution in [2.75, 3.05) is 0 Å². The van der Waals surface area contributed by atoms with Crippen LogP contribution in [-0.4, -0.2) is 28.2 Å². The average Bonchev–Trinajstić information content (AvgIpc) is 0.722. The monoisotopic (exact) mass is 180 g/mol. The van der Waals surface area contributed by atoms with Gasteiger partial charge in [0.05, 0.1) is 0 Å². The molecule has 0 amide bonds. The molecule has 0 saturated carbocycles. The van der Waals surface area contributed by atoms with Gasteiger partial charge in [-0.2, -0.15) is 0 Å². The van der Waals surface area contributed by atoms with E-state index in [1.165, 1.54) is 0 Å². The van der Waals surface area contributed by atoms with E-state index in [9.17, 15) is 0 Å². The van der Waals surface area contributed by atoms with Gasteiger partial charge in [0.1, 0.15) is 0 Å². The minimum absolute atomic E-state index is 0. The van der Waals surface area contributed by atoms with E-state index in [1.54, 1.807) is 0 Å². The van der Waals surface area contributed by atoms with Crippen molar-refractivity contribution >= 4 is 9.05 Å². The Morgan fingerprint density at radius 2 is 0.857 bits per heavy atom. The maximum Gasteiger partial charge on any atom is 0.668 e. The first-order valence-electron chi connectivity index (χ1n) is 0.894. The predicted octanol–water partition coefficient (Wildman–Crippen LogP) is -2.46. The van der Waals surface area contributed by atoms with Crippen molar-refractivity contribution in [1.29, 1.82) is 0 Å². The van der Waals surface area contributed by atoms with Gasteiger partial charge in [0.2, 0.25) is 0 Å². The molecule has 0 radical (unpaired) electrons. The molecule has 0 aliphatic heterocycles. The van der Waals surface area contributed by atoms with Gasteiger partial charge in [-0.15, -0.1) is 0 Å². The van der Waals surface area contributed by atoms with Crippen LogP contribution in [0.3, 0.4) is 0 Å². The number of halogens is 1. The van der Waals surface area contributed by atoms with E-state index in [2.05, 4.69) is 0 Å². The van der Waals surface area contributed by atoms with Crippen molar-refractivity contribution < 1.29 is 43.4 Å². The Morgan fingerprint density at radius 1 is 0.857 bits per heavy atom. The molecule has 0 bridgehead atoms. The van der Waals surface area contributed by atoms with Gasteiger partial charge >= 0.3 is 9.05 Å². The zero-order valence-electron chi connectivity index (χ0n) is 3.40. The van der Waals surface area contributed by atoms with E-state index in [0.29, 0.717) is 0 Å². The molecule has 4 N–H and O–H groups in total. The van der Waals surface area contributed by atoms with E-state index in [0.717, 1.165) is 0 Å². The molecule has 0 rings (SSSR count). The normalized spacial score (nSPS) is 8.57. The summed E-state index contributed by atoms with van der Waals surface area (Å²) in [5, 5.41) is 0. The Morgan fingerprint density at radius 3 is 0.857 bits per heavy atom. The summed E-state index contributed by atoms with van der Waals surface area (Å²) < 4.78 is 0. The summed E-state index contributed by atoms with van der Waals surface area (Å²) in [4.78, 5) is 29.3. The van der Waals surface area contributed by atoms with Crippen molar-refractivity contribution in [3.63, 3.8) is 0 Å². The Labute approximate surface area is 53.0 Å². The molecule has 42 valence electrons. The summed E-state index contributed by atoms with van der Waals surface area (Å²) in [5.41, 5.74) is 0. The molecule has 0 heterocycles. The van der Waals surface area contributed by atoms with Crippen LogP contribution >= 0.6 is 0 Å². The molecule has 4 nitrogen and oxygen atoms in total. The van der Waals surface area contributed by atoms with Crippen molar-refractivity contribution in [3.8, 4) is 0 Å². The van der Waals surface area contributed by atoms with Crippen LogP contribution in [0.1, 0.15) is 0 Å². The molecule has 0 aromatic rings. The van der Waals surface area contributed by atoms with Crippen molar-refractivity contribution in [2.24, 2.45) is 0 Å². The molecule has 7 heteroatoms. The topological polar surface area (TPSA) is 80.9 Å². The van der Waals surface area contributed by atoms with Gasteiger partial charge in [-0.25, -0.2) is 0 Å². The molecule has 0 spiro atoms. The summed E-state index contributed by atoms with van der Waals surface area (Å²) in [6.07, 6.45) is 0. The Balaban J connectivity index is -0.0000000800. The summed E-state index contributed by atoms with van der Waals surface area (Å²) in [6, 6.07) is 0. The van der Waals surface area contributed by atoms with Crippen LogP contribution in [0.2, 0.25) is 0 Å². The van der Waals surface area contributed by atoms with Crippen molar-refractivity contribution in [1.82, 2.24) is 0 Å². The quantitative estimate of drug-likeness (QED) is 0.313. The first-order valence-corrected chi connectivity index (χ1v) is 2.68. The van der Waals surface area contributed by atoms with E-state index in [4.69, 9.17) is 19.2 Å². The van der Waals surface area contributed by atoms with E-state index in [-0.39, 0.29) is 24.2 Å². The zero-order chi connectivity index (χ0) is 4.50. The second kappa shape index (κ2) is 4.76. The molecule has 0 unspecified atom stereocenters. The first kappa shape index (κ1) is 15.6. The van der Waals surface area contributed by atoms with Crippen LogP contribution in [-0.2, 0) is 19.5 Å². The fourth-order valence-electron chi connectivity index (χ4n) is 0. The molecule has 7 heavy (non-hydrogen) atoms. The second-order valence-electron chi connectivity index (χ2n) is 0.600. The smallest absolute Gasteiger partial charge is 0.368 e. The average molecular weight is 182 g/mol. The van der Waals surface area contributed by atoms with Crippen LogP contribution < -0.4 is 0 Å². The molecular formula is H5FO4SiZn. The molecule has 0 aromatic heterocycles. The van der Waals surface area contributed by atoms with E-state index >= 15 is 0 Å². The van der Waals surface area contributed by atoms with Gasteiger partial charge in [-0.1, -0.05) is 0 Å². The Hall–Kier alpha value is 0.610. The van der Waals surface area contributed by atoms with Crippen LogP contribution in [0.5, 0.6) is 0 Å².